The fraction of sp³-hybridized carbons (Fsp3) is 0. The van der Waals surface area contributed by atoms with Gasteiger partial charge in [0.15, 0.2) is 17.4 Å². The minimum atomic E-state index is 0. The van der Waals surface area contributed by atoms with Crippen molar-refractivity contribution in [3.8, 4) is 0 Å². The van der Waals surface area contributed by atoms with Crippen LogP contribution in [0.25, 0.3) is 0 Å². The molecule has 0 unspecified atom stereocenters. The Kier molecular flexibility index (Phi) is 105. The average molecular weight is 190 g/mol. The molecule has 4 heteroatoms. The summed E-state index contributed by atoms with van der Waals surface area (Å²) in [5.41, 5.74) is 0. The third kappa shape index (κ3) is 9.06. The summed E-state index contributed by atoms with van der Waals surface area (Å²) in [7, 11) is 0. The molecule has 0 aromatic rings. The molecule has 0 fully saturated rings. The largest absolute Gasteiger partial charge is 0.316 e. The Morgan fingerprint density at radius 2 is 1.00 bits per heavy atom. The van der Waals surface area contributed by atoms with Crippen molar-refractivity contribution in [2.45, 2.75) is 0 Å². The maximum Gasteiger partial charge on any atom is 0.316 e. The second kappa shape index (κ2) is 16.1. The molecule has 0 saturated carbocycles. The van der Waals surface area contributed by atoms with Gasteiger partial charge in [-0.1, -0.05) is 0 Å². The molecule has 0 aliphatic carbocycles. The van der Waals surface area contributed by atoms with Gasteiger partial charge in [-0.15, -0.1) is 0 Å². The van der Waals surface area contributed by atoms with Crippen molar-refractivity contribution in [3.05, 3.63) is 0 Å². The molecule has 0 bridgehead atoms. The van der Waals surface area contributed by atoms with Crippen molar-refractivity contribution < 1.29 is 26.2 Å². The van der Waals surface area contributed by atoms with Gasteiger partial charge in [-0.3, -0.25) is 0 Å². The molecule has 0 aromatic carbocycles. The molecule has 0 aliphatic heterocycles. The Morgan fingerprint density at radius 1 is 1.00 bits per heavy atom. The van der Waals surface area contributed by atoms with Gasteiger partial charge in [-0.2, -0.15) is 0 Å². The van der Waals surface area contributed by atoms with Crippen LogP contribution in [0.5, 0.6) is 0 Å². The van der Waals surface area contributed by atoms with E-state index in [4.69, 9.17) is 0 Å². The summed E-state index contributed by atoms with van der Waals surface area (Å²) in [5, 5.41) is 0. The fourth-order valence-electron chi connectivity index (χ4n) is 0. The molecule has 0 atom stereocenters. The van der Waals surface area contributed by atoms with E-state index in [0.29, 0.717) is 0 Å². The van der Waals surface area contributed by atoms with E-state index < -0.39 is 0 Å². The Bertz CT molecular complexity index is 8.00. The topological polar surface area (TPSA) is 0 Å². The van der Waals surface area contributed by atoms with Crippen LogP contribution in [0.3, 0.4) is 0 Å². The van der Waals surface area contributed by atoms with Crippen LogP contribution in [0.4, 0.5) is 0 Å². The first kappa shape index (κ1) is 26.1. The Hall–Kier alpha value is 3.44. The molecule has 0 aromatic heterocycles. The smallest absolute Gasteiger partial charge is 0 e. The van der Waals surface area contributed by atoms with E-state index in [2.05, 4.69) is 0 Å². The fourth-order valence-corrected chi connectivity index (χ4v) is 0. The van der Waals surface area contributed by atoms with Gasteiger partial charge in [0.1, 0.15) is 0 Å². The van der Waals surface area contributed by atoms with Crippen LogP contribution >= 0.6 is 0 Å². The van der Waals surface area contributed by atoms with Crippen LogP contribution < -0.4 is 0 Å². The van der Waals surface area contributed by atoms with Gasteiger partial charge in [0.25, 0.3) is 0 Å². The molecule has 0 saturated heterocycles. The molecule has 18 valence electrons. The number of hydrogen-bond donors (Lipinski definition) is 0. The van der Waals surface area contributed by atoms with Crippen LogP contribution in [0.2, 0.25) is 0 Å². The zero-order valence-electron chi connectivity index (χ0n) is 0.500. The van der Waals surface area contributed by atoms with Gasteiger partial charge in [0.05, 0.1) is 0 Å². The predicted octanol–water partition coefficient (Wildman–Crippen LogP) is -3.02. The van der Waals surface area contributed by atoms with E-state index in [1.807, 2.05) is 0 Å². The van der Waals surface area contributed by atoms with E-state index in [9.17, 15) is 0 Å². The maximum absolute atomic E-state index is 0. The molecule has 0 radical (unpaired) electrons. The molecule has 0 amide bonds. The van der Waals surface area contributed by atoms with E-state index in [1.165, 1.54) is 0 Å². The summed E-state index contributed by atoms with van der Waals surface area (Å²) in [6.45, 7) is 0. The van der Waals surface area contributed by atoms with Gasteiger partial charge in [0, 0.05) is 26.2 Å². The summed E-state index contributed by atoms with van der Waals surface area (Å²) >= 11 is 0. The molecule has 4 heavy (non-hydrogen) atoms. The van der Waals surface area contributed by atoms with Gasteiger partial charge < -0.3 is 0 Å². The zero-order chi connectivity index (χ0) is 0. The molecule has 0 spiro atoms. The minimum absolute atomic E-state index is 0. The quantitative estimate of drug-likeness (QED) is 0.356. The monoisotopic (exact) mass is 188 g/mol. The van der Waals surface area contributed by atoms with Gasteiger partial charge >= 0.3 is 60.8 Å². The second-order valence-corrected chi connectivity index (χ2v) is 0. The summed E-state index contributed by atoms with van der Waals surface area (Å²) in [5.74, 6) is 0. The third-order valence-corrected chi connectivity index (χ3v) is 0. The van der Waals surface area contributed by atoms with E-state index >= 15 is 0 Å². The van der Waals surface area contributed by atoms with Gasteiger partial charge in [0.2, 0.25) is 0 Å². The molecule has 0 N–H and O–H groups in total. The number of hydrogen-bond acceptors (Lipinski definition) is 0. The average Bonchev–Trinajstić information content (AvgIpc) is 0. The molecular weight excluding hydrogens is 183 g/mol. The first-order valence-corrected chi connectivity index (χ1v) is 0. The van der Waals surface area contributed by atoms with Crippen LogP contribution in [-0.4, -0.2) is 78.2 Å². The van der Waals surface area contributed by atoms with Crippen molar-refractivity contribution in [1.82, 2.24) is 0 Å². The summed E-state index contributed by atoms with van der Waals surface area (Å²) in [4.78, 5) is 0. The van der Waals surface area contributed by atoms with Crippen LogP contribution in [0.15, 0.2) is 0 Å². The Balaban J connectivity index is 0. The first-order valence-electron chi connectivity index (χ1n) is 0. The Morgan fingerprint density at radius 3 is 1.00 bits per heavy atom. The van der Waals surface area contributed by atoms with Gasteiger partial charge in [-0.05, 0) is 0 Å². The van der Waals surface area contributed by atoms with Crippen molar-refractivity contribution >= 4 is 78.2 Å². The standard InChI is InChI=1S/Al.Ca.Mg.Zr.7H. The van der Waals surface area contributed by atoms with E-state index in [1.54, 1.807) is 0 Å². The Labute approximate surface area is 102 Å². The molecule has 0 aliphatic rings. The maximum atomic E-state index is 0. The molecule has 0 heterocycles. The zero-order valence-corrected chi connectivity index (χ0v) is 2.96. The molecule has 0 nitrogen and oxygen atoms in total. The molecular formula is H7AlCaMgZr. The molecule has 0 rings (SSSR count). The minimum Gasteiger partial charge on any atom is 0 e. The number of rotatable bonds is 0. The first-order chi connectivity index (χ1) is 0. The van der Waals surface area contributed by atoms with Gasteiger partial charge in [-0.25, -0.2) is 0 Å². The van der Waals surface area contributed by atoms with Crippen molar-refractivity contribution in [1.29, 1.82) is 0 Å². The van der Waals surface area contributed by atoms with Crippen LogP contribution in [-0.2, 0) is 26.2 Å². The summed E-state index contributed by atoms with van der Waals surface area (Å²) in [6.07, 6.45) is 0. The third-order valence-electron chi connectivity index (χ3n) is 0. The predicted molar refractivity (Wildman–Crippen MR) is 27.0 cm³/mol. The van der Waals surface area contributed by atoms with Crippen LogP contribution in [0, 0.1) is 0 Å². The van der Waals surface area contributed by atoms with E-state index in [-0.39, 0.29) is 104 Å². The van der Waals surface area contributed by atoms with Crippen molar-refractivity contribution in [3.63, 3.8) is 0 Å². The summed E-state index contributed by atoms with van der Waals surface area (Å²) < 4.78 is 0. The van der Waals surface area contributed by atoms with Crippen molar-refractivity contribution in [2.24, 2.45) is 0 Å². The summed E-state index contributed by atoms with van der Waals surface area (Å²) in [6, 6.07) is 0. The van der Waals surface area contributed by atoms with E-state index in [0.717, 1.165) is 0 Å². The second-order valence-electron chi connectivity index (χ2n) is 0. The SMILES string of the molecule is [AlH3].[CaH2].[MgH2].[Zr]. The van der Waals surface area contributed by atoms with Crippen LogP contribution in [0.1, 0.15) is 0 Å². The van der Waals surface area contributed by atoms with Crippen molar-refractivity contribution in [2.75, 3.05) is 0 Å². The normalized spacial score (nSPS) is 0.